The minimum Gasteiger partial charge on any atom is -0.398 e. The van der Waals surface area contributed by atoms with E-state index >= 15 is 0 Å². The predicted octanol–water partition coefficient (Wildman–Crippen LogP) is 4.74. The maximum Gasteiger partial charge on any atom is 0.251 e. The second-order valence-corrected chi connectivity index (χ2v) is 6.97. The maximum atomic E-state index is 13.0. The summed E-state index contributed by atoms with van der Waals surface area (Å²) >= 11 is 0. The second kappa shape index (κ2) is 9.86. The molecule has 27 heavy (non-hydrogen) atoms. The molecular weight excluding hydrogens is 336 g/mol. The van der Waals surface area contributed by atoms with Gasteiger partial charge in [-0.2, -0.15) is 0 Å². The highest BCUT2D eigenvalue weighted by molar-refractivity contribution is 6.04. The van der Waals surface area contributed by atoms with Gasteiger partial charge in [0.2, 0.25) is 0 Å². The highest BCUT2D eigenvalue weighted by atomic mass is 16.1. The van der Waals surface area contributed by atoms with Crippen LogP contribution >= 0.6 is 0 Å². The lowest BCUT2D eigenvalue weighted by atomic mass is 9.88. The molecule has 0 aliphatic carbocycles. The molecular formula is C22H30N4O. The Morgan fingerprint density at radius 2 is 1.89 bits per heavy atom. The van der Waals surface area contributed by atoms with Gasteiger partial charge in [-0.3, -0.25) is 9.78 Å². The number of rotatable bonds is 9. The number of nitrogens with two attached hydrogens (primary N) is 1. The number of nitrogens with one attached hydrogen (secondary N) is 2. The molecule has 0 saturated heterocycles. The van der Waals surface area contributed by atoms with Crippen LogP contribution in [0.3, 0.4) is 0 Å². The molecule has 1 atom stereocenters. The number of carbonyl (C=O) groups excluding carboxylic acids is 1. The normalized spacial score (nSPS) is 12.0. The zero-order chi connectivity index (χ0) is 19.8. The zero-order valence-electron chi connectivity index (χ0n) is 16.5. The minimum absolute atomic E-state index is 0.138. The fourth-order valence-electron chi connectivity index (χ4n) is 3.46. The molecule has 0 radical (unpaired) electrons. The highest BCUT2D eigenvalue weighted by Gasteiger charge is 2.25. The lowest BCUT2D eigenvalue weighted by Gasteiger charge is -2.27. The van der Waals surface area contributed by atoms with E-state index in [1.807, 2.05) is 18.2 Å². The molecule has 0 aliphatic heterocycles. The molecule has 1 aromatic heterocycles. The summed E-state index contributed by atoms with van der Waals surface area (Å²) in [5.41, 5.74) is 8.77. The number of aromatic nitrogens is 1. The van der Waals surface area contributed by atoms with Crippen molar-refractivity contribution >= 4 is 17.3 Å². The first-order valence-electron chi connectivity index (χ1n) is 9.64. The van der Waals surface area contributed by atoms with Crippen molar-refractivity contribution in [2.45, 2.75) is 52.5 Å². The molecule has 5 nitrogen and oxygen atoms in total. The zero-order valence-corrected chi connectivity index (χ0v) is 16.5. The van der Waals surface area contributed by atoms with Crippen LogP contribution in [0.5, 0.6) is 0 Å². The molecule has 2 rings (SSSR count). The van der Waals surface area contributed by atoms with Crippen molar-refractivity contribution in [1.82, 2.24) is 10.3 Å². The van der Waals surface area contributed by atoms with Gasteiger partial charge in [0.25, 0.3) is 5.91 Å². The van der Waals surface area contributed by atoms with Crippen molar-refractivity contribution in [2.75, 3.05) is 5.73 Å². The topological polar surface area (TPSA) is 91.9 Å². The Hall–Kier alpha value is -2.69. The quantitative estimate of drug-likeness (QED) is 0.442. The third-order valence-electron chi connectivity index (χ3n) is 4.80. The van der Waals surface area contributed by atoms with E-state index in [0.717, 1.165) is 31.4 Å². The third-order valence-corrected chi connectivity index (χ3v) is 4.80. The molecule has 1 unspecified atom stereocenters. The van der Waals surface area contributed by atoms with Crippen LogP contribution in [-0.4, -0.2) is 16.6 Å². The Morgan fingerprint density at radius 3 is 2.44 bits per heavy atom. The lowest BCUT2D eigenvalue weighted by Crippen LogP contribution is -2.34. The standard InChI is InChI=1S/C22H30N4O/c1-4-8-16(9-5-2)21(20-10-6-7-13-25-20)26-22(27)17-11-12-19(24)18(14-17)15(3)23/h6-7,10-14,16,21,23H,4-5,8-9,24H2,1-3H3,(H,26,27). The van der Waals surface area contributed by atoms with Crippen LogP contribution < -0.4 is 11.1 Å². The van der Waals surface area contributed by atoms with Gasteiger partial charge >= 0.3 is 0 Å². The van der Waals surface area contributed by atoms with Crippen molar-refractivity contribution in [1.29, 1.82) is 5.41 Å². The summed E-state index contributed by atoms with van der Waals surface area (Å²) in [7, 11) is 0. The van der Waals surface area contributed by atoms with E-state index < -0.39 is 0 Å². The van der Waals surface area contributed by atoms with E-state index in [9.17, 15) is 4.79 Å². The largest absolute Gasteiger partial charge is 0.398 e. The van der Waals surface area contributed by atoms with Crippen LogP contribution in [0.2, 0.25) is 0 Å². The summed E-state index contributed by atoms with van der Waals surface area (Å²) in [5.74, 6) is 0.168. The first kappa shape index (κ1) is 20.6. The van der Waals surface area contributed by atoms with Crippen molar-refractivity contribution in [3.63, 3.8) is 0 Å². The number of carbonyl (C=O) groups is 1. The van der Waals surface area contributed by atoms with Crippen LogP contribution in [0.15, 0.2) is 42.6 Å². The van der Waals surface area contributed by atoms with Crippen molar-refractivity contribution in [2.24, 2.45) is 5.92 Å². The third kappa shape index (κ3) is 5.39. The van der Waals surface area contributed by atoms with E-state index in [0.29, 0.717) is 28.4 Å². The number of hydrogen-bond acceptors (Lipinski definition) is 4. The summed E-state index contributed by atoms with van der Waals surface area (Å²) < 4.78 is 0. The van der Waals surface area contributed by atoms with Gasteiger partial charge in [0, 0.05) is 28.7 Å². The van der Waals surface area contributed by atoms with Crippen molar-refractivity contribution in [3.05, 3.63) is 59.4 Å². The average molecular weight is 367 g/mol. The van der Waals surface area contributed by atoms with Gasteiger partial charge in [-0.15, -0.1) is 0 Å². The molecule has 0 aliphatic rings. The van der Waals surface area contributed by atoms with Gasteiger partial charge in [-0.1, -0.05) is 32.8 Å². The molecule has 0 fully saturated rings. The molecule has 1 heterocycles. The van der Waals surface area contributed by atoms with Crippen molar-refractivity contribution < 1.29 is 4.79 Å². The van der Waals surface area contributed by atoms with Crippen LogP contribution in [0.25, 0.3) is 0 Å². The van der Waals surface area contributed by atoms with Gasteiger partial charge in [-0.05, 0) is 56.0 Å². The maximum absolute atomic E-state index is 13.0. The molecule has 4 N–H and O–H groups in total. The number of pyridine rings is 1. The predicted molar refractivity (Wildman–Crippen MR) is 111 cm³/mol. The number of amides is 1. The minimum atomic E-state index is -0.162. The number of anilines is 1. The summed E-state index contributed by atoms with van der Waals surface area (Å²) in [4.78, 5) is 17.5. The molecule has 0 saturated carbocycles. The smallest absolute Gasteiger partial charge is 0.251 e. The molecule has 5 heteroatoms. The van der Waals surface area contributed by atoms with E-state index in [4.69, 9.17) is 11.1 Å². The average Bonchev–Trinajstić information content (AvgIpc) is 2.66. The van der Waals surface area contributed by atoms with E-state index in [1.165, 1.54) is 0 Å². The summed E-state index contributed by atoms with van der Waals surface area (Å²) in [6.07, 6.45) is 5.94. The van der Waals surface area contributed by atoms with E-state index in [2.05, 4.69) is 24.1 Å². The Labute approximate surface area is 161 Å². The van der Waals surface area contributed by atoms with Crippen molar-refractivity contribution in [3.8, 4) is 0 Å². The molecule has 0 spiro atoms. The number of hydrogen-bond donors (Lipinski definition) is 3. The first-order chi connectivity index (χ1) is 13.0. The molecule has 1 aromatic carbocycles. The van der Waals surface area contributed by atoms with Gasteiger partial charge in [0.05, 0.1) is 11.7 Å². The number of nitrogen functional groups attached to an aromatic ring is 1. The molecule has 0 bridgehead atoms. The van der Waals surface area contributed by atoms with Crippen LogP contribution in [0.4, 0.5) is 5.69 Å². The molecule has 1 amide bonds. The highest BCUT2D eigenvalue weighted by Crippen LogP contribution is 2.29. The SMILES string of the molecule is CCCC(CCC)C(NC(=O)c1ccc(N)c(C(C)=N)c1)c1ccccn1. The Balaban J connectivity index is 2.33. The van der Waals surface area contributed by atoms with Crippen LogP contribution in [0.1, 0.15) is 74.1 Å². The fourth-order valence-corrected chi connectivity index (χ4v) is 3.46. The lowest BCUT2D eigenvalue weighted by molar-refractivity contribution is 0.0915. The summed E-state index contributed by atoms with van der Waals surface area (Å²) in [6.45, 7) is 6.00. The number of nitrogens with zero attached hydrogens (tertiary/aromatic N) is 1. The second-order valence-electron chi connectivity index (χ2n) is 6.97. The van der Waals surface area contributed by atoms with E-state index in [1.54, 1.807) is 31.3 Å². The Bertz CT molecular complexity index is 767. The molecule has 2 aromatic rings. The van der Waals surface area contributed by atoms with E-state index in [-0.39, 0.29) is 11.9 Å². The Kier molecular flexibility index (Phi) is 7.53. The number of benzene rings is 1. The van der Waals surface area contributed by atoms with Gasteiger partial charge < -0.3 is 16.5 Å². The monoisotopic (exact) mass is 366 g/mol. The van der Waals surface area contributed by atoms with Gasteiger partial charge in [0.15, 0.2) is 0 Å². The Morgan fingerprint density at radius 1 is 1.19 bits per heavy atom. The summed E-state index contributed by atoms with van der Waals surface area (Å²) in [6, 6.07) is 10.8. The van der Waals surface area contributed by atoms with Crippen LogP contribution in [0, 0.1) is 11.3 Å². The first-order valence-corrected chi connectivity index (χ1v) is 9.64. The summed E-state index contributed by atoms with van der Waals surface area (Å²) in [5, 5.41) is 11.0. The fraction of sp³-hybridized carbons (Fsp3) is 0.409. The molecule has 144 valence electrons. The van der Waals surface area contributed by atoms with Crippen LogP contribution in [-0.2, 0) is 0 Å². The van der Waals surface area contributed by atoms with Gasteiger partial charge in [0.1, 0.15) is 0 Å². The van der Waals surface area contributed by atoms with Gasteiger partial charge in [-0.25, -0.2) is 0 Å².